The standard InChI is InChI=1S/C17H19BClNO/c1-20-10-5-11-21-18(20,15-7-4-8-16(19)12-15)17-9-3-2-6-14(17)13-20/h2-4,6-9,12H,5,10-11,13H2,1H3. The van der Waals surface area contributed by atoms with Gasteiger partial charge >= 0.3 is 6.48 Å². The largest absolute Gasteiger partial charge is 0.531 e. The van der Waals surface area contributed by atoms with Crippen molar-refractivity contribution in [2.75, 3.05) is 20.2 Å². The van der Waals surface area contributed by atoms with Gasteiger partial charge in [-0.25, -0.2) is 0 Å². The summed E-state index contributed by atoms with van der Waals surface area (Å²) in [5.41, 5.74) is 4.01. The molecule has 108 valence electrons. The van der Waals surface area contributed by atoms with Crippen LogP contribution in [-0.4, -0.2) is 31.1 Å². The summed E-state index contributed by atoms with van der Waals surface area (Å²) in [5.74, 6) is 0. The first kappa shape index (κ1) is 13.4. The van der Waals surface area contributed by atoms with Crippen LogP contribution in [0.25, 0.3) is 0 Å². The lowest BCUT2D eigenvalue weighted by atomic mass is 9.39. The SMILES string of the molecule is C[N+]12CCCO[B-]1(c1cccc(Cl)c1)c1ccccc1C2. The monoisotopic (exact) mass is 299 g/mol. The summed E-state index contributed by atoms with van der Waals surface area (Å²) < 4.78 is 7.48. The molecule has 0 aliphatic carbocycles. The molecular weight excluding hydrogens is 280 g/mol. The maximum atomic E-state index is 6.54. The molecule has 1 saturated heterocycles. The summed E-state index contributed by atoms with van der Waals surface area (Å²) in [4.78, 5) is 0. The van der Waals surface area contributed by atoms with Gasteiger partial charge in [0.25, 0.3) is 0 Å². The third kappa shape index (κ3) is 1.75. The maximum Gasteiger partial charge on any atom is 0.392 e. The maximum absolute atomic E-state index is 6.54. The van der Waals surface area contributed by atoms with Crippen LogP contribution < -0.4 is 10.9 Å². The summed E-state index contributed by atoms with van der Waals surface area (Å²) in [6.45, 7) is 1.79. The minimum absolute atomic E-state index is 0.786. The highest BCUT2D eigenvalue weighted by molar-refractivity contribution is 6.93. The zero-order chi connectivity index (χ0) is 14.5. The molecular formula is C17H19BClNO. The van der Waals surface area contributed by atoms with E-state index in [1.54, 1.807) is 0 Å². The molecule has 2 atom stereocenters. The van der Waals surface area contributed by atoms with E-state index in [1.165, 1.54) is 16.5 Å². The number of quaternary nitrogens is 1. The summed E-state index contributed by atoms with van der Waals surface area (Å²) in [6, 6.07) is 17.0. The molecule has 2 aliphatic rings. The van der Waals surface area contributed by atoms with E-state index in [0.717, 1.165) is 35.5 Å². The lowest BCUT2D eigenvalue weighted by Crippen LogP contribution is -2.78. The summed E-state index contributed by atoms with van der Waals surface area (Å²) in [7, 11) is 2.33. The quantitative estimate of drug-likeness (QED) is 0.734. The van der Waals surface area contributed by atoms with E-state index < -0.39 is 6.48 Å². The number of rotatable bonds is 1. The molecule has 2 aromatic rings. The van der Waals surface area contributed by atoms with Crippen molar-refractivity contribution in [3.63, 3.8) is 0 Å². The van der Waals surface area contributed by atoms with Crippen molar-refractivity contribution in [3.8, 4) is 0 Å². The van der Waals surface area contributed by atoms with Gasteiger partial charge in [-0.15, -0.1) is 10.9 Å². The van der Waals surface area contributed by atoms with Crippen molar-refractivity contribution in [1.29, 1.82) is 0 Å². The summed E-state index contributed by atoms with van der Waals surface area (Å²) >= 11 is 6.27. The summed E-state index contributed by atoms with van der Waals surface area (Å²) in [5, 5.41) is 0.786. The van der Waals surface area contributed by atoms with Crippen LogP contribution in [0.5, 0.6) is 0 Å². The van der Waals surface area contributed by atoms with Crippen LogP contribution in [-0.2, 0) is 11.2 Å². The van der Waals surface area contributed by atoms with Crippen LogP contribution >= 0.6 is 11.6 Å². The number of fused-ring (bicyclic) bond motifs is 3. The van der Waals surface area contributed by atoms with E-state index in [0.29, 0.717) is 0 Å². The second-order valence-electron chi connectivity index (χ2n) is 6.58. The van der Waals surface area contributed by atoms with Gasteiger partial charge in [0.1, 0.15) is 0 Å². The Morgan fingerprint density at radius 3 is 2.86 bits per heavy atom. The predicted octanol–water partition coefficient (Wildman–Crippen LogP) is 2.28. The third-order valence-corrected chi connectivity index (χ3v) is 5.59. The van der Waals surface area contributed by atoms with Crippen molar-refractivity contribution in [2.45, 2.75) is 13.0 Å². The fraction of sp³-hybridized carbons (Fsp3) is 0.294. The molecule has 2 nitrogen and oxygen atoms in total. The Hall–Kier alpha value is -1.29. The molecule has 1 fully saturated rings. The van der Waals surface area contributed by atoms with Gasteiger partial charge in [0, 0.05) is 31.6 Å². The van der Waals surface area contributed by atoms with Crippen LogP contribution in [0.4, 0.5) is 0 Å². The molecule has 0 saturated carbocycles. The van der Waals surface area contributed by atoms with Crippen LogP contribution in [0.2, 0.25) is 5.02 Å². The first-order chi connectivity index (χ1) is 10.2. The van der Waals surface area contributed by atoms with Gasteiger partial charge in [-0.05, 0) is 11.6 Å². The van der Waals surface area contributed by atoms with E-state index in [1.807, 2.05) is 12.1 Å². The molecule has 0 bridgehead atoms. The number of hydrogen-bond acceptors (Lipinski definition) is 1. The average Bonchev–Trinajstić information content (AvgIpc) is 2.76. The lowest BCUT2D eigenvalue weighted by molar-refractivity contribution is -0.832. The van der Waals surface area contributed by atoms with Crippen LogP contribution in [0.15, 0.2) is 48.5 Å². The highest BCUT2D eigenvalue weighted by atomic mass is 35.5. The van der Waals surface area contributed by atoms with Crippen molar-refractivity contribution in [3.05, 3.63) is 59.1 Å². The smallest absolute Gasteiger partial charge is 0.392 e. The predicted molar refractivity (Wildman–Crippen MR) is 88.2 cm³/mol. The van der Waals surface area contributed by atoms with Crippen LogP contribution in [0, 0.1) is 0 Å². The molecule has 2 unspecified atom stereocenters. The number of nitrogens with zero attached hydrogens (tertiary/aromatic N) is 1. The Labute approximate surface area is 130 Å². The van der Waals surface area contributed by atoms with Crippen LogP contribution in [0.3, 0.4) is 0 Å². The molecule has 0 spiro atoms. The molecule has 2 heterocycles. The van der Waals surface area contributed by atoms with E-state index in [-0.39, 0.29) is 0 Å². The van der Waals surface area contributed by atoms with Gasteiger partial charge in [-0.2, -0.15) is 0 Å². The average molecular weight is 300 g/mol. The van der Waals surface area contributed by atoms with E-state index >= 15 is 0 Å². The topological polar surface area (TPSA) is 9.23 Å². The Balaban J connectivity index is 2.01. The molecule has 4 heteroatoms. The van der Waals surface area contributed by atoms with Gasteiger partial charge < -0.3 is 9.05 Å². The van der Waals surface area contributed by atoms with E-state index in [9.17, 15) is 0 Å². The van der Waals surface area contributed by atoms with Gasteiger partial charge in [-0.1, -0.05) is 54.1 Å². The minimum atomic E-state index is -1.23. The highest BCUT2D eigenvalue weighted by Crippen LogP contribution is 2.34. The van der Waals surface area contributed by atoms with Gasteiger partial charge in [0.05, 0.1) is 6.54 Å². The molecule has 0 radical (unpaired) electrons. The fourth-order valence-electron chi connectivity index (χ4n) is 4.51. The Bertz CT molecular complexity index is 707. The van der Waals surface area contributed by atoms with Crippen molar-refractivity contribution < 1.29 is 9.05 Å². The molecule has 0 amide bonds. The van der Waals surface area contributed by atoms with Crippen molar-refractivity contribution in [2.24, 2.45) is 0 Å². The lowest BCUT2D eigenvalue weighted by Gasteiger charge is -2.57. The first-order valence-corrected chi connectivity index (χ1v) is 8.01. The van der Waals surface area contributed by atoms with Crippen molar-refractivity contribution in [1.82, 2.24) is 0 Å². The van der Waals surface area contributed by atoms with Gasteiger partial charge in [0.2, 0.25) is 0 Å². The Kier molecular flexibility index (Phi) is 2.93. The van der Waals surface area contributed by atoms with E-state index in [2.05, 4.69) is 43.4 Å². The molecule has 4 rings (SSSR count). The zero-order valence-corrected chi connectivity index (χ0v) is 13.0. The minimum Gasteiger partial charge on any atom is -0.531 e. The number of hydrogen-bond donors (Lipinski definition) is 0. The second kappa shape index (κ2) is 4.60. The molecule has 21 heavy (non-hydrogen) atoms. The van der Waals surface area contributed by atoms with Crippen LogP contribution in [0.1, 0.15) is 12.0 Å². The molecule has 2 aliphatic heterocycles. The zero-order valence-electron chi connectivity index (χ0n) is 12.3. The molecule has 2 aromatic carbocycles. The highest BCUT2D eigenvalue weighted by Gasteiger charge is 2.55. The molecule has 0 aromatic heterocycles. The first-order valence-electron chi connectivity index (χ1n) is 7.63. The van der Waals surface area contributed by atoms with Crippen molar-refractivity contribution >= 4 is 29.0 Å². The third-order valence-electron chi connectivity index (χ3n) is 5.36. The van der Waals surface area contributed by atoms with Gasteiger partial charge in [0.15, 0.2) is 0 Å². The Morgan fingerprint density at radius 1 is 1.14 bits per heavy atom. The normalized spacial score (nSPS) is 30.8. The van der Waals surface area contributed by atoms with Gasteiger partial charge in [-0.3, -0.25) is 0 Å². The molecule has 0 N–H and O–H groups in total. The summed E-state index contributed by atoms with van der Waals surface area (Å²) in [6.07, 6.45) is 1.12. The fourth-order valence-corrected chi connectivity index (χ4v) is 4.71. The second-order valence-corrected chi connectivity index (χ2v) is 7.02. The number of benzene rings is 2. The Morgan fingerprint density at radius 2 is 2.00 bits per heavy atom. The van der Waals surface area contributed by atoms with E-state index in [4.69, 9.17) is 16.3 Å². The number of halogens is 1.